The molecule has 0 N–H and O–H groups in total. The van der Waals surface area contributed by atoms with Gasteiger partial charge in [-0.2, -0.15) is 5.26 Å². The van der Waals surface area contributed by atoms with E-state index < -0.39 is 0 Å². The van der Waals surface area contributed by atoms with Crippen LogP contribution in [0.2, 0.25) is 0 Å². The van der Waals surface area contributed by atoms with E-state index in [0.717, 1.165) is 32.7 Å². The van der Waals surface area contributed by atoms with Gasteiger partial charge in [0, 0.05) is 51.2 Å². The molecule has 2 rings (SSSR count). The maximum absolute atomic E-state index is 12.3. The van der Waals surface area contributed by atoms with Crippen molar-refractivity contribution in [2.24, 2.45) is 0 Å². The normalized spacial score (nSPS) is 17.9. The topological polar surface area (TPSA) is 50.6 Å². The van der Waals surface area contributed by atoms with Gasteiger partial charge in [-0.25, -0.2) is 0 Å². The molecule has 6 heteroatoms. The number of hydrogen-bond donors (Lipinski definition) is 0. The molecule has 1 aliphatic rings. The summed E-state index contributed by atoms with van der Waals surface area (Å²) in [6.07, 6.45) is 0.392. The van der Waals surface area contributed by atoms with Gasteiger partial charge in [0.1, 0.15) is 0 Å². The summed E-state index contributed by atoms with van der Waals surface area (Å²) in [6, 6.07) is 6.25. The van der Waals surface area contributed by atoms with Gasteiger partial charge in [0.2, 0.25) is 5.91 Å². The summed E-state index contributed by atoms with van der Waals surface area (Å²) in [5, 5.41) is 10.7. The molecule has 0 spiro atoms. The SMILES string of the molecule is CC(C(=O)N(C)CCC#N)N1CCN(Cc2cccs2)CC1. The van der Waals surface area contributed by atoms with Gasteiger partial charge >= 0.3 is 0 Å². The van der Waals surface area contributed by atoms with Crippen LogP contribution in [0.4, 0.5) is 0 Å². The van der Waals surface area contributed by atoms with E-state index >= 15 is 0 Å². The summed E-state index contributed by atoms with van der Waals surface area (Å²) in [5.41, 5.74) is 0. The van der Waals surface area contributed by atoms with Gasteiger partial charge in [-0.05, 0) is 18.4 Å². The van der Waals surface area contributed by atoms with Crippen molar-refractivity contribution in [2.75, 3.05) is 39.8 Å². The highest BCUT2D eigenvalue weighted by Crippen LogP contribution is 2.15. The Morgan fingerprint density at radius 2 is 2.18 bits per heavy atom. The van der Waals surface area contributed by atoms with E-state index in [1.807, 2.05) is 6.92 Å². The van der Waals surface area contributed by atoms with E-state index in [-0.39, 0.29) is 11.9 Å². The van der Waals surface area contributed by atoms with Crippen LogP contribution in [-0.4, -0.2) is 66.4 Å². The summed E-state index contributed by atoms with van der Waals surface area (Å²) in [7, 11) is 1.78. The Hall–Kier alpha value is -1.42. The second kappa shape index (κ2) is 8.28. The maximum atomic E-state index is 12.3. The number of carbonyl (C=O) groups excluding carboxylic acids is 1. The van der Waals surface area contributed by atoms with Crippen LogP contribution in [0, 0.1) is 11.3 Å². The molecule has 1 aromatic rings. The van der Waals surface area contributed by atoms with Crippen molar-refractivity contribution in [1.29, 1.82) is 5.26 Å². The van der Waals surface area contributed by atoms with Crippen molar-refractivity contribution in [2.45, 2.75) is 25.9 Å². The van der Waals surface area contributed by atoms with Crippen molar-refractivity contribution in [3.8, 4) is 6.07 Å². The predicted octanol–water partition coefficient (Wildman–Crippen LogP) is 1.63. The number of rotatable bonds is 6. The zero-order valence-corrected chi connectivity index (χ0v) is 14.2. The number of nitrogens with zero attached hydrogens (tertiary/aromatic N) is 4. The highest BCUT2D eigenvalue weighted by atomic mass is 32.1. The van der Waals surface area contributed by atoms with Crippen molar-refractivity contribution in [3.63, 3.8) is 0 Å². The molecule has 1 unspecified atom stereocenters. The van der Waals surface area contributed by atoms with Crippen LogP contribution in [-0.2, 0) is 11.3 Å². The third-order valence-electron chi connectivity index (χ3n) is 4.21. The lowest BCUT2D eigenvalue weighted by molar-refractivity contribution is -0.135. The predicted molar refractivity (Wildman–Crippen MR) is 88.5 cm³/mol. The smallest absolute Gasteiger partial charge is 0.239 e. The summed E-state index contributed by atoms with van der Waals surface area (Å²) in [6.45, 7) is 7.33. The van der Waals surface area contributed by atoms with Crippen molar-refractivity contribution in [3.05, 3.63) is 22.4 Å². The Kier molecular flexibility index (Phi) is 6.37. The first-order chi connectivity index (χ1) is 10.6. The quantitative estimate of drug-likeness (QED) is 0.799. The molecule has 1 fully saturated rings. The molecule has 0 aliphatic carbocycles. The number of piperazine rings is 1. The highest BCUT2D eigenvalue weighted by Gasteiger charge is 2.27. The molecule has 1 saturated heterocycles. The molecule has 1 aliphatic heterocycles. The molecule has 5 nitrogen and oxygen atoms in total. The zero-order chi connectivity index (χ0) is 15.9. The van der Waals surface area contributed by atoms with Gasteiger partial charge in [-0.1, -0.05) is 6.07 Å². The summed E-state index contributed by atoms with van der Waals surface area (Å²) < 4.78 is 0. The molecule has 0 saturated carbocycles. The average Bonchev–Trinajstić information content (AvgIpc) is 3.05. The molecular weight excluding hydrogens is 296 g/mol. The second-order valence-corrected chi connectivity index (χ2v) is 6.77. The van der Waals surface area contributed by atoms with E-state index in [4.69, 9.17) is 5.26 Å². The second-order valence-electron chi connectivity index (χ2n) is 5.74. The third kappa shape index (κ3) is 4.54. The van der Waals surface area contributed by atoms with Gasteiger partial charge in [0.15, 0.2) is 0 Å². The van der Waals surface area contributed by atoms with Crippen LogP contribution in [0.15, 0.2) is 17.5 Å². The number of amides is 1. The van der Waals surface area contributed by atoms with Crippen LogP contribution in [0.5, 0.6) is 0 Å². The minimum absolute atomic E-state index is 0.104. The van der Waals surface area contributed by atoms with Crippen molar-refractivity contribution >= 4 is 17.2 Å². The van der Waals surface area contributed by atoms with Crippen LogP contribution in [0.25, 0.3) is 0 Å². The molecule has 0 aromatic carbocycles. The summed E-state index contributed by atoms with van der Waals surface area (Å²) >= 11 is 1.80. The Morgan fingerprint density at radius 1 is 1.45 bits per heavy atom. The molecule has 2 heterocycles. The first-order valence-electron chi connectivity index (χ1n) is 7.72. The number of thiophene rings is 1. The molecule has 22 heavy (non-hydrogen) atoms. The first-order valence-corrected chi connectivity index (χ1v) is 8.60. The van der Waals surface area contributed by atoms with Gasteiger partial charge in [-0.3, -0.25) is 14.6 Å². The standard InChI is InChI=1S/C16H24N4OS/c1-14(16(21)18(2)7-4-6-17)20-10-8-19(9-11-20)13-15-5-3-12-22-15/h3,5,12,14H,4,7-11,13H2,1-2H3. The van der Waals surface area contributed by atoms with Crippen LogP contribution >= 0.6 is 11.3 Å². The summed E-state index contributed by atoms with van der Waals surface area (Å²) in [4.78, 5) is 20.1. The molecule has 0 bridgehead atoms. The lowest BCUT2D eigenvalue weighted by Gasteiger charge is -2.38. The molecule has 120 valence electrons. The van der Waals surface area contributed by atoms with Crippen LogP contribution < -0.4 is 0 Å². The fourth-order valence-corrected chi connectivity index (χ4v) is 3.48. The van der Waals surface area contributed by atoms with Crippen LogP contribution in [0.3, 0.4) is 0 Å². The van der Waals surface area contributed by atoms with E-state index in [1.54, 1.807) is 23.3 Å². The third-order valence-corrected chi connectivity index (χ3v) is 5.07. The zero-order valence-electron chi connectivity index (χ0n) is 13.4. The van der Waals surface area contributed by atoms with Gasteiger partial charge in [-0.15, -0.1) is 11.3 Å². The Balaban J connectivity index is 1.78. The van der Waals surface area contributed by atoms with Gasteiger partial charge in [0.05, 0.1) is 18.5 Å². The van der Waals surface area contributed by atoms with Crippen molar-refractivity contribution < 1.29 is 4.79 Å². The van der Waals surface area contributed by atoms with E-state index in [9.17, 15) is 4.79 Å². The average molecular weight is 320 g/mol. The van der Waals surface area contributed by atoms with E-state index in [2.05, 4.69) is 33.4 Å². The number of nitriles is 1. The van der Waals surface area contributed by atoms with Gasteiger partial charge in [0.25, 0.3) is 0 Å². The number of carbonyl (C=O) groups is 1. The van der Waals surface area contributed by atoms with Gasteiger partial charge < -0.3 is 4.90 Å². The van der Waals surface area contributed by atoms with E-state index in [1.165, 1.54) is 4.88 Å². The lowest BCUT2D eigenvalue weighted by atomic mass is 10.2. The lowest BCUT2D eigenvalue weighted by Crippen LogP contribution is -2.53. The fraction of sp³-hybridized carbons (Fsp3) is 0.625. The molecule has 0 radical (unpaired) electrons. The monoisotopic (exact) mass is 320 g/mol. The fourth-order valence-electron chi connectivity index (χ4n) is 2.73. The Labute approximate surface area is 136 Å². The number of hydrogen-bond acceptors (Lipinski definition) is 5. The minimum Gasteiger partial charge on any atom is -0.343 e. The number of likely N-dealkylation sites (N-methyl/N-ethyl adjacent to an activating group) is 1. The molecule has 1 aromatic heterocycles. The van der Waals surface area contributed by atoms with Crippen molar-refractivity contribution in [1.82, 2.24) is 14.7 Å². The molecular formula is C16H24N4OS. The largest absolute Gasteiger partial charge is 0.343 e. The van der Waals surface area contributed by atoms with Crippen LogP contribution in [0.1, 0.15) is 18.2 Å². The molecule has 1 atom stereocenters. The van der Waals surface area contributed by atoms with E-state index in [0.29, 0.717) is 13.0 Å². The minimum atomic E-state index is -0.104. The summed E-state index contributed by atoms with van der Waals surface area (Å²) in [5.74, 6) is 0.113. The Morgan fingerprint density at radius 3 is 2.77 bits per heavy atom. The molecule has 1 amide bonds. The Bertz CT molecular complexity index is 503. The first kappa shape index (κ1) is 16.9. The highest BCUT2D eigenvalue weighted by molar-refractivity contribution is 7.09. The maximum Gasteiger partial charge on any atom is 0.239 e.